The lowest BCUT2D eigenvalue weighted by atomic mass is 9.75. The number of hydrogen-bond acceptors (Lipinski definition) is 3. The van der Waals surface area contributed by atoms with Crippen LogP contribution in [0.1, 0.15) is 27.0 Å². The van der Waals surface area contributed by atoms with Gasteiger partial charge in [-0.2, -0.15) is 0 Å². The minimum absolute atomic E-state index is 0.340. The summed E-state index contributed by atoms with van der Waals surface area (Å²) < 4.78 is 6.89. The van der Waals surface area contributed by atoms with Crippen molar-refractivity contribution < 1.29 is 9.53 Å². The van der Waals surface area contributed by atoms with E-state index >= 15 is 0 Å². The summed E-state index contributed by atoms with van der Waals surface area (Å²) in [5.41, 5.74) is 8.74. The number of aromatic nitrogens is 2. The first kappa shape index (κ1) is 25.2. The maximum absolute atomic E-state index is 14.2. The van der Waals surface area contributed by atoms with Crippen molar-refractivity contribution in [2.75, 3.05) is 19.0 Å². The minimum atomic E-state index is -1.26. The Bertz CT molecular complexity index is 2040. The third-order valence-electron chi connectivity index (χ3n) is 8.61. The molecular formula is C38H29N3O2. The Morgan fingerprint density at radius 3 is 1.60 bits per heavy atom. The number of rotatable bonds is 5. The number of fused-ring (bicyclic) bond motifs is 3. The summed E-state index contributed by atoms with van der Waals surface area (Å²) in [7, 11) is 3.96. The van der Waals surface area contributed by atoms with E-state index in [1.54, 1.807) is 0 Å². The van der Waals surface area contributed by atoms with Crippen LogP contribution in [0.4, 0.5) is 5.69 Å². The molecule has 1 aliphatic rings. The van der Waals surface area contributed by atoms with Gasteiger partial charge in [0.25, 0.3) is 0 Å². The van der Waals surface area contributed by atoms with Gasteiger partial charge in [0.2, 0.25) is 0 Å². The van der Waals surface area contributed by atoms with Crippen molar-refractivity contribution in [1.29, 1.82) is 0 Å². The fourth-order valence-corrected chi connectivity index (χ4v) is 6.69. The second kappa shape index (κ2) is 9.50. The number of H-pyrrole nitrogens is 2. The zero-order valence-electron chi connectivity index (χ0n) is 23.9. The van der Waals surface area contributed by atoms with Crippen LogP contribution >= 0.6 is 0 Å². The van der Waals surface area contributed by atoms with E-state index in [0.29, 0.717) is 5.56 Å². The molecule has 1 aliphatic heterocycles. The van der Waals surface area contributed by atoms with Gasteiger partial charge < -0.3 is 19.6 Å². The normalized spacial score (nSPS) is 13.8. The number of para-hydroxylation sites is 2. The summed E-state index contributed by atoms with van der Waals surface area (Å²) in [4.78, 5) is 23.6. The predicted molar refractivity (Wildman–Crippen MR) is 174 cm³/mol. The van der Waals surface area contributed by atoms with Crippen molar-refractivity contribution >= 4 is 33.5 Å². The molecule has 0 radical (unpaired) electrons. The van der Waals surface area contributed by atoms with Crippen LogP contribution in [0.3, 0.4) is 0 Å². The summed E-state index contributed by atoms with van der Waals surface area (Å²) in [6, 6.07) is 43.2. The summed E-state index contributed by atoms with van der Waals surface area (Å²) >= 11 is 0. The Morgan fingerprint density at radius 2 is 1.09 bits per heavy atom. The van der Waals surface area contributed by atoms with E-state index in [4.69, 9.17) is 4.74 Å². The lowest BCUT2D eigenvalue weighted by molar-refractivity contribution is 0.0263. The van der Waals surface area contributed by atoms with Crippen LogP contribution in [0.5, 0.6) is 0 Å². The second-order valence-corrected chi connectivity index (χ2v) is 11.3. The maximum Gasteiger partial charge on any atom is 0.340 e. The van der Waals surface area contributed by atoms with Crippen molar-refractivity contribution in [2.45, 2.75) is 5.60 Å². The number of ether oxygens (including phenoxy) is 1. The van der Waals surface area contributed by atoms with Gasteiger partial charge in [0.1, 0.15) is 0 Å². The smallest absolute Gasteiger partial charge is 0.340 e. The Kier molecular flexibility index (Phi) is 5.56. The van der Waals surface area contributed by atoms with E-state index in [0.717, 1.165) is 66.7 Å². The molecule has 0 amide bonds. The van der Waals surface area contributed by atoms with Crippen molar-refractivity contribution in [3.8, 4) is 22.5 Å². The number of esters is 1. The number of carbonyl (C=O) groups excluding carboxylic acids is 1. The Hall–Kier alpha value is -5.55. The maximum atomic E-state index is 14.2. The molecule has 5 heteroatoms. The molecule has 0 saturated carbocycles. The number of aromatic amines is 2. The quantitative estimate of drug-likeness (QED) is 0.208. The highest BCUT2D eigenvalue weighted by Gasteiger charge is 2.53. The van der Waals surface area contributed by atoms with Gasteiger partial charge in [0.05, 0.1) is 17.0 Å². The lowest BCUT2D eigenvalue weighted by Crippen LogP contribution is -2.30. The van der Waals surface area contributed by atoms with Gasteiger partial charge >= 0.3 is 5.97 Å². The minimum Gasteiger partial charge on any atom is -0.440 e. The number of carbonyl (C=O) groups is 1. The lowest BCUT2D eigenvalue weighted by Gasteiger charge is -2.32. The van der Waals surface area contributed by atoms with Crippen LogP contribution in [0.15, 0.2) is 127 Å². The van der Waals surface area contributed by atoms with Crippen molar-refractivity contribution in [3.63, 3.8) is 0 Å². The topological polar surface area (TPSA) is 61.1 Å². The first-order chi connectivity index (χ1) is 21.1. The molecular weight excluding hydrogens is 530 g/mol. The average molecular weight is 560 g/mol. The molecule has 43 heavy (non-hydrogen) atoms. The zero-order chi connectivity index (χ0) is 29.1. The van der Waals surface area contributed by atoms with Crippen LogP contribution in [0.2, 0.25) is 0 Å². The third kappa shape index (κ3) is 3.68. The summed E-state index contributed by atoms with van der Waals surface area (Å²) in [5, 5.41) is 2.01. The fourth-order valence-electron chi connectivity index (χ4n) is 6.69. The molecule has 0 atom stereocenters. The highest BCUT2D eigenvalue weighted by Crippen LogP contribution is 2.56. The third-order valence-corrected chi connectivity index (χ3v) is 8.61. The monoisotopic (exact) mass is 559 g/mol. The molecule has 0 saturated heterocycles. The van der Waals surface area contributed by atoms with Gasteiger partial charge in [-0.05, 0) is 35.4 Å². The molecule has 2 aromatic heterocycles. The molecule has 3 heterocycles. The van der Waals surface area contributed by atoms with Crippen molar-refractivity contribution in [3.05, 3.63) is 150 Å². The number of nitrogens with zero attached hydrogens (tertiary/aromatic N) is 1. The molecule has 0 aliphatic carbocycles. The van der Waals surface area contributed by atoms with Crippen LogP contribution in [-0.2, 0) is 10.3 Å². The van der Waals surface area contributed by atoms with E-state index < -0.39 is 5.60 Å². The van der Waals surface area contributed by atoms with Gasteiger partial charge in [-0.25, -0.2) is 4.79 Å². The number of cyclic esters (lactones) is 1. The summed E-state index contributed by atoms with van der Waals surface area (Å²) in [6.45, 7) is 0. The molecule has 2 N–H and O–H groups in total. The second-order valence-electron chi connectivity index (χ2n) is 11.3. The van der Waals surface area contributed by atoms with Crippen LogP contribution in [0.25, 0.3) is 44.3 Å². The molecule has 7 aromatic rings. The first-order valence-electron chi connectivity index (χ1n) is 14.4. The van der Waals surface area contributed by atoms with Crippen LogP contribution in [0, 0.1) is 0 Å². The first-order valence-corrected chi connectivity index (χ1v) is 14.4. The van der Waals surface area contributed by atoms with E-state index in [1.165, 1.54) is 0 Å². The van der Waals surface area contributed by atoms with Gasteiger partial charge in [-0.15, -0.1) is 0 Å². The van der Waals surface area contributed by atoms with Crippen molar-refractivity contribution in [2.24, 2.45) is 0 Å². The number of benzene rings is 5. The predicted octanol–water partition coefficient (Wildman–Crippen LogP) is 8.51. The molecule has 5 aromatic carbocycles. The molecule has 5 nitrogen and oxygen atoms in total. The summed E-state index contributed by atoms with van der Waals surface area (Å²) in [6.07, 6.45) is 0. The van der Waals surface area contributed by atoms with Crippen LogP contribution in [-0.4, -0.2) is 30.0 Å². The van der Waals surface area contributed by atoms with Gasteiger partial charge in [-0.3, -0.25) is 0 Å². The molecule has 0 bridgehead atoms. The van der Waals surface area contributed by atoms with E-state index in [-0.39, 0.29) is 5.97 Å². The van der Waals surface area contributed by atoms with Gasteiger partial charge in [0.15, 0.2) is 5.60 Å². The molecule has 8 rings (SSSR count). The fraction of sp³-hybridized carbons (Fsp3) is 0.0789. The average Bonchev–Trinajstić information content (AvgIpc) is 3.72. The standard InChI is InChI=1S/C38H29N3O2/c1-41(2)26-21-22-30-29(23-26)37(42)43-38(30,33-27-17-9-11-19-31(27)39-35(33)24-13-5-3-6-14-24)34-28-18-10-12-20-32(28)40-36(34)25-15-7-4-8-16-25/h3-23,39-40H,1-2H3. The SMILES string of the molecule is CN(C)c1ccc2c(c1)C(=O)OC2(c1c(-c2ccccc2)[nH]c2ccccc12)c1c(-c2ccccc2)[nH]c2ccccc12. The molecule has 208 valence electrons. The Labute approximate surface area is 249 Å². The van der Waals surface area contributed by atoms with Crippen LogP contribution < -0.4 is 4.90 Å². The zero-order valence-corrected chi connectivity index (χ0v) is 23.9. The Morgan fingerprint density at radius 1 is 0.605 bits per heavy atom. The largest absolute Gasteiger partial charge is 0.440 e. The molecule has 0 spiro atoms. The van der Waals surface area contributed by atoms with E-state index in [9.17, 15) is 4.79 Å². The highest BCUT2D eigenvalue weighted by molar-refractivity contribution is 6.04. The summed E-state index contributed by atoms with van der Waals surface area (Å²) in [5.74, 6) is -0.340. The van der Waals surface area contributed by atoms with Crippen molar-refractivity contribution in [1.82, 2.24) is 9.97 Å². The van der Waals surface area contributed by atoms with E-state index in [2.05, 4.69) is 70.6 Å². The van der Waals surface area contributed by atoms with E-state index in [1.807, 2.05) is 85.7 Å². The number of hydrogen-bond donors (Lipinski definition) is 2. The molecule has 0 unspecified atom stereocenters. The highest BCUT2D eigenvalue weighted by atomic mass is 16.6. The number of nitrogens with one attached hydrogen (secondary N) is 2. The van der Waals surface area contributed by atoms with Gasteiger partial charge in [-0.1, -0.05) is 103 Å². The van der Waals surface area contributed by atoms with Gasteiger partial charge in [0, 0.05) is 58.3 Å². The number of anilines is 1. The molecule has 0 fully saturated rings. The Balaban J connectivity index is 1.59.